The molecule has 0 atom stereocenters. The zero-order chi connectivity index (χ0) is 16.1. The molecule has 2 heteroatoms. The maximum atomic E-state index is 6.55. The second-order valence-electron chi connectivity index (χ2n) is 7.29. The SMILES string of the molecule is CC.CN1CCC(N)(Cc2ccc(C(C)(C)C)cc2)CC1. The Bertz CT molecular complexity index is 406. The van der Waals surface area contributed by atoms with Gasteiger partial charge in [0.2, 0.25) is 0 Å². The van der Waals surface area contributed by atoms with E-state index in [1.54, 1.807) is 0 Å². The van der Waals surface area contributed by atoms with Gasteiger partial charge >= 0.3 is 0 Å². The van der Waals surface area contributed by atoms with Crippen LogP contribution in [0.3, 0.4) is 0 Å². The summed E-state index contributed by atoms with van der Waals surface area (Å²) in [6.07, 6.45) is 3.21. The Balaban J connectivity index is 0.00000106. The van der Waals surface area contributed by atoms with Crippen LogP contribution in [-0.4, -0.2) is 30.6 Å². The van der Waals surface area contributed by atoms with Crippen LogP contribution in [0.2, 0.25) is 0 Å². The molecule has 2 nitrogen and oxygen atoms in total. The molecule has 0 spiro atoms. The zero-order valence-electron chi connectivity index (χ0n) is 14.9. The maximum absolute atomic E-state index is 6.55. The largest absolute Gasteiger partial charge is 0.325 e. The van der Waals surface area contributed by atoms with Crippen molar-refractivity contribution in [3.63, 3.8) is 0 Å². The lowest BCUT2D eigenvalue weighted by molar-refractivity contribution is 0.190. The molecule has 2 N–H and O–H groups in total. The molecule has 0 aliphatic carbocycles. The highest BCUT2D eigenvalue weighted by atomic mass is 15.1. The van der Waals surface area contributed by atoms with Gasteiger partial charge in [0.25, 0.3) is 0 Å². The molecule has 0 unspecified atom stereocenters. The van der Waals surface area contributed by atoms with Gasteiger partial charge in [-0.1, -0.05) is 58.9 Å². The Hall–Kier alpha value is -0.860. The van der Waals surface area contributed by atoms with E-state index in [4.69, 9.17) is 5.73 Å². The molecule has 1 aliphatic rings. The standard InChI is InChI=1S/C17H28N2.C2H6/c1-16(2,3)15-7-5-14(6-8-15)13-17(18)9-11-19(4)12-10-17;1-2/h5-8H,9-13,18H2,1-4H3;1-2H3. The molecule has 1 heterocycles. The maximum Gasteiger partial charge on any atom is 0.0219 e. The van der Waals surface area contributed by atoms with Crippen LogP contribution in [0.25, 0.3) is 0 Å². The molecule has 1 aliphatic heterocycles. The minimum Gasteiger partial charge on any atom is -0.325 e. The normalized spacial score (nSPS) is 18.8. The van der Waals surface area contributed by atoms with Gasteiger partial charge in [-0.25, -0.2) is 0 Å². The van der Waals surface area contributed by atoms with Crippen LogP contribution in [0.4, 0.5) is 0 Å². The predicted octanol–water partition coefficient (Wildman–Crippen LogP) is 3.98. The lowest BCUT2D eigenvalue weighted by atomic mass is 9.81. The fraction of sp³-hybridized carbons (Fsp3) is 0.684. The van der Waals surface area contributed by atoms with Gasteiger partial charge < -0.3 is 10.6 Å². The number of hydrogen-bond donors (Lipinski definition) is 1. The second kappa shape index (κ2) is 7.42. The minimum atomic E-state index is -0.00421. The van der Waals surface area contributed by atoms with Crippen LogP contribution in [0.1, 0.15) is 58.6 Å². The summed E-state index contributed by atoms with van der Waals surface area (Å²) in [5.74, 6) is 0. The number of benzene rings is 1. The van der Waals surface area contributed by atoms with Gasteiger partial charge in [-0.15, -0.1) is 0 Å². The molecule has 0 aromatic heterocycles. The van der Waals surface area contributed by atoms with E-state index in [1.807, 2.05) is 13.8 Å². The molecule has 0 saturated carbocycles. The quantitative estimate of drug-likeness (QED) is 0.893. The Morgan fingerprint density at radius 1 is 1.05 bits per heavy atom. The van der Waals surface area contributed by atoms with Crippen LogP contribution < -0.4 is 5.73 Å². The van der Waals surface area contributed by atoms with Crippen LogP contribution in [0, 0.1) is 0 Å². The van der Waals surface area contributed by atoms with Gasteiger partial charge in [0, 0.05) is 5.54 Å². The van der Waals surface area contributed by atoms with Gasteiger partial charge in [-0.2, -0.15) is 0 Å². The highest BCUT2D eigenvalue weighted by Gasteiger charge is 2.29. The Kier molecular flexibility index (Phi) is 6.42. The van der Waals surface area contributed by atoms with E-state index in [9.17, 15) is 0 Å². The molecule has 0 radical (unpaired) electrons. The van der Waals surface area contributed by atoms with Crippen molar-refractivity contribution in [2.75, 3.05) is 20.1 Å². The first kappa shape index (κ1) is 18.2. The fourth-order valence-electron chi connectivity index (χ4n) is 2.77. The molecule has 2 rings (SSSR count). The van der Waals surface area contributed by atoms with Gasteiger partial charge in [0.05, 0.1) is 0 Å². The first-order valence-corrected chi connectivity index (χ1v) is 8.35. The summed E-state index contributed by atoms with van der Waals surface area (Å²) in [7, 11) is 2.18. The highest BCUT2D eigenvalue weighted by Crippen LogP contribution is 2.26. The molecule has 1 saturated heterocycles. The summed E-state index contributed by atoms with van der Waals surface area (Å²) in [6.45, 7) is 13.0. The van der Waals surface area contributed by atoms with Gasteiger partial charge in [0.1, 0.15) is 0 Å². The lowest BCUT2D eigenvalue weighted by Gasteiger charge is -2.38. The van der Waals surface area contributed by atoms with E-state index in [-0.39, 0.29) is 11.0 Å². The van der Waals surface area contributed by atoms with Crippen molar-refractivity contribution in [1.29, 1.82) is 0 Å². The van der Waals surface area contributed by atoms with Crippen molar-refractivity contribution in [2.24, 2.45) is 5.73 Å². The molecule has 120 valence electrons. The number of piperidine rings is 1. The van der Waals surface area contributed by atoms with E-state index < -0.39 is 0 Å². The number of hydrogen-bond acceptors (Lipinski definition) is 2. The number of likely N-dealkylation sites (tertiary alicyclic amines) is 1. The average molecular weight is 290 g/mol. The fourth-order valence-corrected chi connectivity index (χ4v) is 2.77. The van der Waals surface area contributed by atoms with Crippen molar-refractivity contribution < 1.29 is 0 Å². The van der Waals surface area contributed by atoms with Crippen LogP contribution in [0.5, 0.6) is 0 Å². The summed E-state index contributed by atoms with van der Waals surface area (Å²) in [6, 6.07) is 9.03. The van der Waals surface area contributed by atoms with Crippen molar-refractivity contribution in [1.82, 2.24) is 4.90 Å². The third-order valence-corrected chi connectivity index (χ3v) is 4.36. The lowest BCUT2D eigenvalue weighted by Crippen LogP contribution is -2.50. The summed E-state index contributed by atoms with van der Waals surface area (Å²) >= 11 is 0. The van der Waals surface area contributed by atoms with Gasteiger partial charge in [-0.05, 0) is 55.9 Å². The third-order valence-electron chi connectivity index (χ3n) is 4.36. The summed E-state index contributed by atoms with van der Waals surface area (Å²) < 4.78 is 0. The second-order valence-corrected chi connectivity index (χ2v) is 7.29. The molecular weight excluding hydrogens is 256 g/mol. The van der Waals surface area contributed by atoms with Gasteiger partial charge in [-0.3, -0.25) is 0 Å². The van der Waals surface area contributed by atoms with Crippen molar-refractivity contribution >= 4 is 0 Å². The summed E-state index contributed by atoms with van der Waals surface area (Å²) in [5.41, 5.74) is 9.54. The third kappa shape index (κ3) is 5.44. The van der Waals surface area contributed by atoms with E-state index in [0.29, 0.717) is 0 Å². The topological polar surface area (TPSA) is 29.3 Å². The van der Waals surface area contributed by atoms with Crippen LogP contribution >= 0.6 is 0 Å². The van der Waals surface area contributed by atoms with E-state index in [2.05, 4.69) is 57.0 Å². The summed E-state index contributed by atoms with van der Waals surface area (Å²) in [4.78, 5) is 2.37. The number of nitrogens with zero attached hydrogens (tertiary/aromatic N) is 1. The molecule has 1 aromatic rings. The number of rotatable bonds is 2. The molecule has 1 aromatic carbocycles. The zero-order valence-corrected chi connectivity index (χ0v) is 14.9. The Morgan fingerprint density at radius 2 is 1.52 bits per heavy atom. The molecular formula is C19H34N2. The Labute approximate surface area is 131 Å². The first-order chi connectivity index (χ1) is 9.78. The Morgan fingerprint density at radius 3 is 1.95 bits per heavy atom. The van der Waals surface area contributed by atoms with Crippen LogP contribution in [0.15, 0.2) is 24.3 Å². The first-order valence-electron chi connectivity index (χ1n) is 8.35. The molecule has 0 amide bonds. The smallest absolute Gasteiger partial charge is 0.0219 e. The number of nitrogens with two attached hydrogens (primary N) is 1. The molecule has 0 bridgehead atoms. The molecule has 1 fully saturated rings. The average Bonchev–Trinajstić information content (AvgIpc) is 2.44. The van der Waals surface area contributed by atoms with E-state index >= 15 is 0 Å². The monoisotopic (exact) mass is 290 g/mol. The predicted molar refractivity (Wildman–Crippen MR) is 93.8 cm³/mol. The van der Waals surface area contributed by atoms with E-state index in [0.717, 1.165) is 32.4 Å². The van der Waals surface area contributed by atoms with Crippen molar-refractivity contribution in [3.05, 3.63) is 35.4 Å². The van der Waals surface area contributed by atoms with Crippen molar-refractivity contribution in [2.45, 2.75) is 64.8 Å². The summed E-state index contributed by atoms with van der Waals surface area (Å²) in [5, 5.41) is 0. The minimum absolute atomic E-state index is 0.00421. The van der Waals surface area contributed by atoms with E-state index in [1.165, 1.54) is 11.1 Å². The van der Waals surface area contributed by atoms with Crippen molar-refractivity contribution in [3.8, 4) is 0 Å². The van der Waals surface area contributed by atoms with Crippen LogP contribution in [-0.2, 0) is 11.8 Å². The van der Waals surface area contributed by atoms with Gasteiger partial charge in [0.15, 0.2) is 0 Å². The molecule has 21 heavy (non-hydrogen) atoms. The highest BCUT2D eigenvalue weighted by molar-refractivity contribution is 5.28.